The third-order valence-corrected chi connectivity index (χ3v) is 4.04. The van der Waals surface area contributed by atoms with Crippen molar-refractivity contribution in [1.29, 1.82) is 0 Å². The Morgan fingerprint density at radius 2 is 2.11 bits per heavy atom. The molecule has 0 radical (unpaired) electrons. The van der Waals surface area contributed by atoms with Gasteiger partial charge in [0, 0.05) is 6.20 Å². The Labute approximate surface area is 109 Å². The van der Waals surface area contributed by atoms with Crippen LogP contribution in [0.1, 0.15) is 51.3 Å². The van der Waals surface area contributed by atoms with Crippen LogP contribution >= 0.6 is 0 Å². The minimum Gasteiger partial charge on any atom is -0.309 e. The molecule has 1 aliphatic carbocycles. The van der Waals surface area contributed by atoms with E-state index in [1.165, 1.54) is 31.7 Å². The molecule has 2 rings (SSSR count). The molecule has 100 valence electrons. The highest BCUT2D eigenvalue weighted by Crippen LogP contribution is 2.36. The molecule has 1 atom stereocenters. The molecule has 0 aromatic carbocycles. The molecule has 1 fully saturated rings. The Morgan fingerprint density at radius 1 is 1.39 bits per heavy atom. The Balaban J connectivity index is 2.15. The summed E-state index contributed by atoms with van der Waals surface area (Å²) in [7, 11) is 0. The van der Waals surface area contributed by atoms with Crippen LogP contribution in [0.25, 0.3) is 0 Å². The number of pyridine rings is 1. The van der Waals surface area contributed by atoms with E-state index in [4.69, 9.17) is 0 Å². The third kappa shape index (κ3) is 3.08. The predicted molar refractivity (Wildman–Crippen MR) is 71.7 cm³/mol. The van der Waals surface area contributed by atoms with Crippen LogP contribution < -0.4 is 5.32 Å². The lowest BCUT2D eigenvalue weighted by Gasteiger charge is -2.33. The molecule has 1 unspecified atom stereocenters. The average Bonchev–Trinajstić information content (AvgIpc) is 2.38. The summed E-state index contributed by atoms with van der Waals surface area (Å²) in [5.41, 5.74) is 0.596. The van der Waals surface area contributed by atoms with Gasteiger partial charge in [0.1, 0.15) is 5.82 Å². The fourth-order valence-electron chi connectivity index (χ4n) is 2.95. The van der Waals surface area contributed by atoms with Crippen LogP contribution in [0.2, 0.25) is 0 Å². The molecule has 1 saturated carbocycles. The minimum absolute atomic E-state index is 0.0729. The summed E-state index contributed by atoms with van der Waals surface area (Å²) in [6.45, 7) is 5.23. The van der Waals surface area contributed by atoms with Gasteiger partial charge in [0.05, 0.1) is 11.7 Å². The molecule has 2 nitrogen and oxygen atoms in total. The molecule has 1 aromatic rings. The first-order valence-electron chi connectivity index (χ1n) is 7.06. The fraction of sp³-hybridized carbons (Fsp3) is 0.667. The number of nitrogens with zero attached hydrogens (tertiary/aromatic N) is 1. The molecule has 0 bridgehead atoms. The quantitative estimate of drug-likeness (QED) is 0.881. The molecule has 0 aliphatic heterocycles. The smallest absolute Gasteiger partial charge is 0.146 e. The van der Waals surface area contributed by atoms with E-state index in [2.05, 4.69) is 24.1 Å². The van der Waals surface area contributed by atoms with Crippen molar-refractivity contribution in [3.05, 3.63) is 29.8 Å². The summed E-state index contributed by atoms with van der Waals surface area (Å²) < 4.78 is 13.9. The molecule has 1 heterocycles. The van der Waals surface area contributed by atoms with E-state index in [0.29, 0.717) is 11.6 Å². The van der Waals surface area contributed by atoms with Crippen LogP contribution in [0.3, 0.4) is 0 Å². The lowest BCUT2D eigenvalue weighted by atomic mass is 9.78. The van der Waals surface area contributed by atoms with Gasteiger partial charge in [0.15, 0.2) is 0 Å². The van der Waals surface area contributed by atoms with Gasteiger partial charge in [-0.2, -0.15) is 0 Å². The van der Waals surface area contributed by atoms with E-state index in [1.807, 2.05) is 0 Å². The van der Waals surface area contributed by atoms with E-state index in [9.17, 15) is 4.39 Å². The van der Waals surface area contributed by atoms with Crippen LogP contribution in [-0.2, 0) is 0 Å². The Morgan fingerprint density at radius 3 is 2.72 bits per heavy atom. The zero-order chi connectivity index (χ0) is 13.0. The van der Waals surface area contributed by atoms with Crippen molar-refractivity contribution in [3.8, 4) is 0 Å². The van der Waals surface area contributed by atoms with E-state index in [0.717, 1.165) is 12.5 Å². The van der Waals surface area contributed by atoms with Crippen molar-refractivity contribution >= 4 is 0 Å². The first kappa shape index (κ1) is 13.5. The normalized spacial score (nSPS) is 25.9. The van der Waals surface area contributed by atoms with Gasteiger partial charge in [-0.25, -0.2) is 4.39 Å². The first-order chi connectivity index (χ1) is 8.72. The van der Waals surface area contributed by atoms with Gasteiger partial charge in [0.2, 0.25) is 0 Å². The monoisotopic (exact) mass is 250 g/mol. The number of hydrogen-bond donors (Lipinski definition) is 1. The van der Waals surface area contributed by atoms with Gasteiger partial charge in [0.25, 0.3) is 0 Å². The highest BCUT2D eigenvalue weighted by molar-refractivity contribution is 5.13. The molecular formula is C15H23FN2. The van der Waals surface area contributed by atoms with Gasteiger partial charge in [-0.15, -0.1) is 0 Å². The summed E-state index contributed by atoms with van der Waals surface area (Å²) in [5, 5.41) is 3.42. The molecule has 0 spiro atoms. The van der Waals surface area contributed by atoms with E-state index in [-0.39, 0.29) is 11.9 Å². The van der Waals surface area contributed by atoms with Gasteiger partial charge in [-0.3, -0.25) is 4.98 Å². The molecule has 3 heteroatoms. The zero-order valence-corrected chi connectivity index (χ0v) is 11.3. The second kappa shape index (κ2) is 6.28. The Hall–Kier alpha value is -0.960. The van der Waals surface area contributed by atoms with Crippen LogP contribution in [0.15, 0.2) is 18.3 Å². The maximum absolute atomic E-state index is 13.9. The average molecular weight is 250 g/mol. The number of nitrogens with one attached hydrogen (secondary N) is 1. The largest absolute Gasteiger partial charge is 0.309 e. The van der Waals surface area contributed by atoms with Crippen molar-refractivity contribution in [1.82, 2.24) is 10.3 Å². The summed E-state index contributed by atoms with van der Waals surface area (Å²) in [6, 6.07) is 3.24. The van der Waals surface area contributed by atoms with Crippen molar-refractivity contribution in [3.63, 3.8) is 0 Å². The molecule has 0 saturated heterocycles. The molecule has 18 heavy (non-hydrogen) atoms. The van der Waals surface area contributed by atoms with Gasteiger partial charge >= 0.3 is 0 Å². The number of aromatic nitrogens is 1. The maximum atomic E-state index is 13.9. The molecule has 1 aromatic heterocycles. The summed E-state index contributed by atoms with van der Waals surface area (Å²) in [6.07, 6.45) is 6.54. The van der Waals surface area contributed by atoms with Crippen LogP contribution in [0.5, 0.6) is 0 Å². The number of halogens is 1. The standard InChI is InChI=1S/C15H23FN2/c1-3-17-14(12-8-6-11(2)7-9-12)15-13(16)5-4-10-18-15/h4-5,10-12,14,17H,3,6-9H2,1-2H3. The van der Waals surface area contributed by atoms with Crippen molar-refractivity contribution in [2.45, 2.75) is 45.6 Å². The lowest BCUT2D eigenvalue weighted by molar-refractivity contribution is 0.227. The first-order valence-corrected chi connectivity index (χ1v) is 7.06. The fourth-order valence-corrected chi connectivity index (χ4v) is 2.95. The Bertz CT molecular complexity index is 373. The summed E-state index contributed by atoms with van der Waals surface area (Å²) >= 11 is 0. The highest BCUT2D eigenvalue weighted by atomic mass is 19.1. The van der Waals surface area contributed by atoms with E-state index < -0.39 is 0 Å². The predicted octanol–water partition coefficient (Wildman–Crippen LogP) is 3.70. The lowest BCUT2D eigenvalue weighted by Crippen LogP contribution is -2.32. The molecule has 1 N–H and O–H groups in total. The minimum atomic E-state index is -0.179. The van der Waals surface area contributed by atoms with Crippen molar-refractivity contribution < 1.29 is 4.39 Å². The molecular weight excluding hydrogens is 227 g/mol. The van der Waals surface area contributed by atoms with Gasteiger partial charge in [-0.1, -0.05) is 26.7 Å². The van der Waals surface area contributed by atoms with Crippen molar-refractivity contribution in [2.24, 2.45) is 11.8 Å². The highest BCUT2D eigenvalue weighted by Gasteiger charge is 2.29. The summed E-state index contributed by atoms with van der Waals surface area (Å²) in [5.74, 6) is 1.16. The van der Waals surface area contributed by atoms with E-state index >= 15 is 0 Å². The second-order valence-electron chi connectivity index (χ2n) is 5.43. The topological polar surface area (TPSA) is 24.9 Å². The third-order valence-electron chi connectivity index (χ3n) is 4.04. The maximum Gasteiger partial charge on any atom is 0.146 e. The van der Waals surface area contributed by atoms with Gasteiger partial charge < -0.3 is 5.32 Å². The van der Waals surface area contributed by atoms with Crippen LogP contribution in [0.4, 0.5) is 4.39 Å². The SMILES string of the molecule is CCNC(c1ncccc1F)C1CCC(C)CC1. The Kier molecular flexibility index (Phi) is 4.70. The van der Waals surface area contributed by atoms with E-state index in [1.54, 1.807) is 12.3 Å². The summed E-state index contributed by atoms with van der Waals surface area (Å²) in [4.78, 5) is 4.25. The van der Waals surface area contributed by atoms with Crippen molar-refractivity contribution in [2.75, 3.05) is 6.54 Å². The van der Waals surface area contributed by atoms with Gasteiger partial charge in [-0.05, 0) is 43.4 Å². The number of hydrogen-bond acceptors (Lipinski definition) is 2. The molecule has 1 aliphatic rings. The zero-order valence-electron chi connectivity index (χ0n) is 11.3. The number of rotatable bonds is 4. The second-order valence-corrected chi connectivity index (χ2v) is 5.43. The van der Waals surface area contributed by atoms with Crippen LogP contribution in [0, 0.1) is 17.7 Å². The van der Waals surface area contributed by atoms with Crippen LogP contribution in [-0.4, -0.2) is 11.5 Å². The molecule has 0 amide bonds.